The molecule has 0 spiro atoms. The summed E-state index contributed by atoms with van der Waals surface area (Å²) >= 11 is 0. The Morgan fingerprint density at radius 1 is 1.56 bits per heavy atom. The molecule has 1 heterocycles. The lowest BCUT2D eigenvalue weighted by Gasteiger charge is -2.26. The third-order valence-electron chi connectivity index (χ3n) is 2.10. The van der Waals surface area contributed by atoms with Gasteiger partial charge in [0, 0.05) is 19.8 Å². The van der Waals surface area contributed by atoms with E-state index in [0.29, 0.717) is 5.82 Å². The molecule has 1 rings (SSSR count). The first-order chi connectivity index (χ1) is 7.28. The molecule has 0 unspecified atom stereocenters. The summed E-state index contributed by atoms with van der Waals surface area (Å²) in [5.74, 6) is 0.476. The van der Waals surface area contributed by atoms with Crippen molar-refractivity contribution in [1.29, 1.82) is 0 Å². The van der Waals surface area contributed by atoms with E-state index in [2.05, 4.69) is 25.9 Å². The van der Waals surface area contributed by atoms with E-state index in [1.165, 1.54) is 0 Å². The Bertz CT molecular complexity index is 364. The number of aromatic nitrogens is 2. The van der Waals surface area contributed by atoms with Crippen LogP contribution in [0.3, 0.4) is 0 Å². The molecule has 0 aliphatic carbocycles. The molecule has 5 nitrogen and oxygen atoms in total. The fourth-order valence-electron chi connectivity index (χ4n) is 1.52. The van der Waals surface area contributed by atoms with E-state index in [-0.39, 0.29) is 17.9 Å². The summed E-state index contributed by atoms with van der Waals surface area (Å²) in [6, 6.07) is 1.68. The third kappa shape index (κ3) is 3.92. The highest BCUT2D eigenvalue weighted by atomic mass is 16.2. The summed E-state index contributed by atoms with van der Waals surface area (Å²) in [5, 5.41) is 3.98. The smallest absolute Gasteiger partial charge is 0.244 e. The van der Waals surface area contributed by atoms with Crippen LogP contribution in [-0.4, -0.2) is 34.2 Å². The summed E-state index contributed by atoms with van der Waals surface area (Å²) in [7, 11) is 1.81. The van der Waals surface area contributed by atoms with E-state index in [1.54, 1.807) is 28.9 Å². The Labute approximate surface area is 96.2 Å². The number of hydrogen-bond acceptors (Lipinski definition) is 3. The highest BCUT2D eigenvalue weighted by Gasteiger charge is 2.17. The van der Waals surface area contributed by atoms with Crippen LogP contribution in [0.5, 0.6) is 0 Å². The summed E-state index contributed by atoms with van der Waals surface area (Å²) in [6.45, 7) is 7.26. The number of likely N-dealkylation sites (N-methyl/N-ethyl adjacent to an activating group) is 1. The van der Waals surface area contributed by atoms with E-state index >= 15 is 0 Å². The SMILES string of the molecule is CN(CC(C)(C)C)C(=O)Cn1ccc(N)n1. The molecule has 0 saturated heterocycles. The second-order valence-corrected chi connectivity index (χ2v) is 5.25. The number of hydrogen-bond donors (Lipinski definition) is 1. The molecule has 16 heavy (non-hydrogen) atoms. The van der Waals surface area contributed by atoms with Crippen molar-refractivity contribution in [2.75, 3.05) is 19.3 Å². The number of nitrogens with two attached hydrogens (primary N) is 1. The Hall–Kier alpha value is -1.52. The molecular formula is C11H20N4O. The minimum Gasteiger partial charge on any atom is -0.382 e. The minimum absolute atomic E-state index is 0.0398. The second-order valence-electron chi connectivity index (χ2n) is 5.25. The Morgan fingerprint density at radius 3 is 2.62 bits per heavy atom. The van der Waals surface area contributed by atoms with Crippen molar-refractivity contribution in [3.63, 3.8) is 0 Å². The van der Waals surface area contributed by atoms with E-state index in [9.17, 15) is 4.79 Å². The minimum atomic E-state index is 0.0398. The van der Waals surface area contributed by atoms with E-state index in [0.717, 1.165) is 6.54 Å². The lowest BCUT2D eigenvalue weighted by molar-refractivity contribution is -0.131. The van der Waals surface area contributed by atoms with E-state index in [4.69, 9.17) is 5.73 Å². The highest BCUT2D eigenvalue weighted by Crippen LogP contribution is 2.14. The summed E-state index contributed by atoms with van der Waals surface area (Å²) in [6.07, 6.45) is 1.71. The molecule has 1 aromatic heterocycles. The predicted octanol–water partition coefficient (Wildman–Crippen LogP) is 0.970. The summed E-state index contributed by atoms with van der Waals surface area (Å²) in [5.41, 5.74) is 5.58. The van der Waals surface area contributed by atoms with Gasteiger partial charge in [-0.2, -0.15) is 5.10 Å². The van der Waals surface area contributed by atoms with Crippen LogP contribution in [0.4, 0.5) is 5.82 Å². The van der Waals surface area contributed by atoms with E-state index in [1.807, 2.05) is 0 Å². The van der Waals surface area contributed by atoms with Crippen LogP contribution in [-0.2, 0) is 11.3 Å². The fourth-order valence-corrected chi connectivity index (χ4v) is 1.52. The van der Waals surface area contributed by atoms with Crippen molar-refractivity contribution in [1.82, 2.24) is 14.7 Å². The van der Waals surface area contributed by atoms with Crippen LogP contribution in [0.15, 0.2) is 12.3 Å². The molecule has 0 atom stereocenters. The van der Waals surface area contributed by atoms with Gasteiger partial charge < -0.3 is 10.6 Å². The van der Waals surface area contributed by atoms with Gasteiger partial charge in [-0.25, -0.2) is 0 Å². The summed E-state index contributed by atoms with van der Waals surface area (Å²) < 4.78 is 1.55. The monoisotopic (exact) mass is 224 g/mol. The number of nitrogen functional groups attached to an aromatic ring is 1. The van der Waals surface area contributed by atoms with Gasteiger partial charge in [0.05, 0.1) is 0 Å². The Balaban J connectivity index is 2.52. The molecule has 0 aliphatic heterocycles. The molecule has 0 aromatic carbocycles. The standard InChI is InChI=1S/C11H20N4O/c1-11(2,3)8-14(4)10(16)7-15-6-5-9(12)13-15/h5-6H,7-8H2,1-4H3,(H2,12,13). The molecule has 0 radical (unpaired) electrons. The van der Waals surface area contributed by atoms with Crippen molar-refractivity contribution in [2.45, 2.75) is 27.3 Å². The topological polar surface area (TPSA) is 64.2 Å². The second kappa shape index (κ2) is 4.55. The highest BCUT2D eigenvalue weighted by molar-refractivity contribution is 5.75. The molecule has 5 heteroatoms. The molecule has 0 aliphatic rings. The van der Waals surface area contributed by atoms with Crippen LogP contribution in [0.25, 0.3) is 0 Å². The Morgan fingerprint density at radius 2 is 2.19 bits per heavy atom. The third-order valence-corrected chi connectivity index (χ3v) is 2.10. The van der Waals surface area contributed by atoms with Gasteiger partial charge in [0.1, 0.15) is 12.4 Å². The van der Waals surface area contributed by atoms with Crippen molar-refractivity contribution in [3.8, 4) is 0 Å². The maximum atomic E-state index is 11.8. The zero-order valence-corrected chi connectivity index (χ0v) is 10.4. The largest absolute Gasteiger partial charge is 0.382 e. The molecule has 0 fully saturated rings. The van der Waals surface area contributed by atoms with Crippen molar-refractivity contribution >= 4 is 11.7 Å². The Kier molecular flexibility index (Phi) is 3.57. The number of anilines is 1. The number of carbonyl (C=O) groups excluding carboxylic acids is 1. The van der Waals surface area contributed by atoms with Gasteiger partial charge in [0.25, 0.3) is 0 Å². The van der Waals surface area contributed by atoms with Gasteiger partial charge in [-0.1, -0.05) is 20.8 Å². The normalized spacial score (nSPS) is 11.5. The van der Waals surface area contributed by atoms with E-state index < -0.39 is 0 Å². The quantitative estimate of drug-likeness (QED) is 0.832. The van der Waals surface area contributed by atoms with Crippen LogP contribution in [0, 0.1) is 5.41 Å². The van der Waals surface area contributed by atoms with Gasteiger partial charge in [0.2, 0.25) is 5.91 Å². The molecule has 1 amide bonds. The number of rotatable bonds is 3. The molecular weight excluding hydrogens is 204 g/mol. The van der Waals surface area contributed by atoms with Gasteiger partial charge in [-0.3, -0.25) is 9.48 Å². The van der Waals surface area contributed by atoms with Crippen LogP contribution in [0.2, 0.25) is 0 Å². The lowest BCUT2D eigenvalue weighted by Crippen LogP contribution is -2.36. The number of amides is 1. The fraction of sp³-hybridized carbons (Fsp3) is 0.636. The maximum absolute atomic E-state index is 11.8. The zero-order chi connectivity index (χ0) is 12.3. The lowest BCUT2D eigenvalue weighted by atomic mass is 9.96. The first kappa shape index (κ1) is 12.5. The first-order valence-corrected chi connectivity index (χ1v) is 5.31. The molecule has 0 bridgehead atoms. The van der Waals surface area contributed by atoms with Gasteiger partial charge in [-0.15, -0.1) is 0 Å². The number of nitrogens with zero attached hydrogens (tertiary/aromatic N) is 3. The van der Waals surface area contributed by atoms with Crippen molar-refractivity contribution < 1.29 is 4.79 Å². The van der Waals surface area contributed by atoms with Crippen molar-refractivity contribution in [2.24, 2.45) is 5.41 Å². The van der Waals surface area contributed by atoms with Crippen LogP contribution < -0.4 is 5.73 Å². The average molecular weight is 224 g/mol. The van der Waals surface area contributed by atoms with Gasteiger partial charge in [0.15, 0.2) is 0 Å². The maximum Gasteiger partial charge on any atom is 0.244 e. The van der Waals surface area contributed by atoms with Crippen LogP contribution in [0.1, 0.15) is 20.8 Å². The average Bonchev–Trinajstić information content (AvgIpc) is 2.48. The van der Waals surface area contributed by atoms with Crippen molar-refractivity contribution in [3.05, 3.63) is 12.3 Å². The first-order valence-electron chi connectivity index (χ1n) is 5.31. The van der Waals surface area contributed by atoms with Crippen LogP contribution >= 0.6 is 0 Å². The van der Waals surface area contributed by atoms with Gasteiger partial charge >= 0.3 is 0 Å². The number of carbonyl (C=O) groups is 1. The van der Waals surface area contributed by atoms with Gasteiger partial charge in [-0.05, 0) is 11.5 Å². The molecule has 2 N–H and O–H groups in total. The zero-order valence-electron chi connectivity index (χ0n) is 10.4. The summed E-state index contributed by atoms with van der Waals surface area (Å²) in [4.78, 5) is 13.5. The predicted molar refractivity (Wildman–Crippen MR) is 63.7 cm³/mol. The molecule has 0 saturated carbocycles. The molecule has 1 aromatic rings. The molecule has 90 valence electrons.